The highest BCUT2D eigenvalue weighted by Crippen LogP contribution is 2.30. The fourth-order valence-electron chi connectivity index (χ4n) is 2.58. The molecule has 0 amide bonds. The number of carbonyl (C=O) groups is 1. The van der Waals surface area contributed by atoms with Gasteiger partial charge in [0.25, 0.3) is 0 Å². The van der Waals surface area contributed by atoms with Crippen LogP contribution in [0.5, 0.6) is 0 Å². The highest BCUT2D eigenvalue weighted by molar-refractivity contribution is 5.94. The van der Waals surface area contributed by atoms with E-state index in [2.05, 4.69) is 29.1 Å². The maximum absolute atomic E-state index is 11.9. The van der Waals surface area contributed by atoms with Crippen LogP contribution in [0.3, 0.4) is 0 Å². The van der Waals surface area contributed by atoms with Crippen LogP contribution in [0.4, 0.5) is 11.5 Å². The largest absolute Gasteiger partial charge is 0.465 e. The fourth-order valence-corrected chi connectivity index (χ4v) is 2.58. The van der Waals surface area contributed by atoms with E-state index >= 15 is 0 Å². The maximum Gasteiger partial charge on any atom is 0.340 e. The van der Waals surface area contributed by atoms with Crippen molar-refractivity contribution >= 4 is 23.1 Å². The van der Waals surface area contributed by atoms with Crippen LogP contribution in [0.2, 0.25) is 0 Å². The van der Waals surface area contributed by atoms with E-state index in [1.165, 1.54) is 7.11 Å². The molecule has 2 heterocycles. The summed E-state index contributed by atoms with van der Waals surface area (Å²) in [5.41, 5.74) is 3.67. The van der Waals surface area contributed by atoms with E-state index in [4.69, 9.17) is 4.74 Å². The second kappa shape index (κ2) is 6.84. The molecule has 25 heavy (non-hydrogen) atoms. The molecular weight excluding hydrogens is 316 g/mol. The summed E-state index contributed by atoms with van der Waals surface area (Å²) in [6, 6.07) is 11.0. The molecule has 0 radical (unpaired) electrons. The van der Waals surface area contributed by atoms with Gasteiger partial charge in [0.15, 0.2) is 5.82 Å². The second-order valence-corrected chi connectivity index (χ2v) is 6.12. The van der Waals surface area contributed by atoms with E-state index in [0.717, 1.165) is 16.9 Å². The number of carbonyl (C=O) groups excluding carboxylic acids is 1. The van der Waals surface area contributed by atoms with Crippen molar-refractivity contribution in [3.63, 3.8) is 0 Å². The van der Waals surface area contributed by atoms with Gasteiger partial charge in [-0.2, -0.15) is 0 Å². The van der Waals surface area contributed by atoms with Gasteiger partial charge >= 0.3 is 5.97 Å². The predicted molar refractivity (Wildman–Crippen MR) is 96.0 cm³/mol. The molecule has 0 aliphatic heterocycles. The van der Waals surface area contributed by atoms with Gasteiger partial charge in [0.05, 0.1) is 18.4 Å². The molecule has 0 atom stereocenters. The Kier molecular flexibility index (Phi) is 4.61. The Hall–Kier alpha value is -3.02. The number of imidazole rings is 1. The first-order chi connectivity index (χ1) is 12.0. The number of nitrogens with zero attached hydrogens (tertiary/aromatic N) is 4. The first-order valence-electron chi connectivity index (χ1n) is 8.09. The lowest BCUT2D eigenvalue weighted by atomic mass is 10.1. The molecule has 6 nitrogen and oxygen atoms in total. The molecule has 0 spiro atoms. The number of benzene rings is 1. The second-order valence-electron chi connectivity index (χ2n) is 6.12. The third-order valence-corrected chi connectivity index (χ3v) is 3.89. The molecule has 1 aromatic carbocycles. The van der Waals surface area contributed by atoms with Crippen molar-refractivity contribution in [2.45, 2.75) is 26.7 Å². The normalized spacial score (nSPS) is 11.6. The number of rotatable bonds is 4. The van der Waals surface area contributed by atoms with Crippen molar-refractivity contribution in [2.24, 2.45) is 10.2 Å². The van der Waals surface area contributed by atoms with Crippen LogP contribution in [0.1, 0.15) is 41.4 Å². The lowest BCUT2D eigenvalue weighted by Gasteiger charge is -2.04. The minimum absolute atomic E-state index is 0.199. The van der Waals surface area contributed by atoms with Gasteiger partial charge < -0.3 is 4.74 Å². The standard InChI is InChI=1S/C19H20N4O2/c1-12(2)17-18(23-10-9-13(3)11-16(23)20-17)22-21-15-8-6-5-7-14(15)19(24)25-4/h5-12H,1-4H3. The van der Waals surface area contributed by atoms with Crippen LogP contribution in [0.25, 0.3) is 5.65 Å². The zero-order chi connectivity index (χ0) is 18.0. The van der Waals surface area contributed by atoms with Crippen LogP contribution in [-0.2, 0) is 4.74 Å². The lowest BCUT2D eigenvalue weighted by Crippen LogP contribution is -2.00. The Labute approximate surface area is 146 Å². The Balaban J connectivity index is 2.11. The fraction of sp³-hybridized carbons (Fsp3) is 0.263. The summed E-state index contributed by atoms with van der Waals surface area (Å²) in [6.45, 7) is 6.16. The molecule has 0 fully saturated rings. The van der Waals surface area contributed by atoms with Gasteiger partial charge in [-0.05, 0) is 42.7 Å². The minimum atomic E-state index is -0.438. The van der Waals surface area contributed by atoms with Crippen molar-refractivity contribution < 1.29 is 9.53 Å². The zero-order valence-electron chi connectivity index (χ0n) is 14.7. The number of fused-ring (bicyclic) bond motifs is 1. The number of azo groups is 1. The molecule has 0 aliphatic rings. The van der Waals surface area contributed by atoms with Crippen molar-refractivity contribution in [3.05, 3.63) is 59.4 Å². The number of esters is 1. The van der Waals surface area contributed by atoms with Crippen LogP contribution >= 0.6 is 0 Å². The summed E-state index contributed by atoms with van der Waals surface area (Å²) in [5.74, 6) is 0.432. The quantitative estimate of drug-likeness (QED) is 0.499. The third kappa shape index (κ3) is 3.28. The average molecular weight is 336 g/mol. The number of pyridine rings is 1. The number of hydrogen-bond acceptors (Lipinski definition) is 5. The molecule has 3 aromatic rings. The summed E-state index contributed by atoms with van der Waals surface area (Å²) < 4.78 is 6.71. The summed E-state index contributed by atoms with van der Waals surface area (Å²) in [5, 5.41) is 8.71. The van der Waals surface area contributed by atoms with Crippen molar-refractivity contribution in [3.8, 4) is 0 Å². The first-order valence-corrected chi connectivity index (χ1v) is 8.09. The van der Waals surface area contributed by atoms with Gasteiger partial charge in [0.1, 0.15) is 11.3 Å². The molecular formula is C19H20N4O2. The van der Waals surface area contributed by atoms with Gasteiger partial charge in [0, 0.05) is 6.20 Å². The number of hydrogen-bond donors (Lipinski definition) is 0. The molecule has 0 unspecified atom stereocenters. The topological polar surface area (TPSA) is 68.3 Å². The summed E-state index contributed by atoms with van der Waals surface area (Å²) in [4.78, 5) is 16.6. The number of aryl methyl sites for hydroxylation is 1. The Bertz CT molecular complexity index is 957. The van der Waals surface area contributed by atoms with Crippen molar-refractivity contribution in [1.29, 1.82) is 0 Å². The summed E-state index contributed by atoms with van der Waals surface area (Å²) in [6.07, 6.45) is 1.93. The maximum atomic E-state index is 11.9. The van der Waals surface area contributed by atoms with Gasteiger partial charge in [-0.1, -0.05) is 26.0 Å². The Morgan fingerprint density at radius 2 is 1.96 bits per heavy atom. The molecule has 0 N–H and O–H groups in total. The van der Waals surface area contributed by atoms with Crippen molar-refractivity contribution in [1.82, 2.24) is 9.38 Å². The van der Waals surface area contributed by atoms with Crippen LogP contribution in [0, 0.1) is 6.92 Å². The van der Waals surface area contributed by atoms with E-state index in [1.807, 2.05) is 35.7 Å². The number of aromatic nitrogens is 2. The highest BCUT2D eigenvalue weighted by atomic mass is 16.5. The van der Waals surface area contributed by atoms with Gasteiger partial charge in [-0.15, -0.1) is 10.2 Å². The Morgan fingerprint density at radius 1 is 1.20 bits per heavy atom. The van der Waals surface area contributed by atoms with Gasteiger partial charge in [0.2, 0.25) is 0 Å². The molecule has 0 saturated carbocycles. The molecule has 0 bridgehead atoms. The average Bonchev–Trinajstić information content (AvgIpc) is 2.97. The first kappa shape index (κ1) is 16.8. The Morgan fingerprint density at radius 3 is 2.68 bits per heavy atom. The number of ether oxygens (including phenoxy) is 1. The summed E-state index contributed by atoms with van der Waals surface area (Å²) >= 11 is 0. The highest BCUT2D eigenvalue weighted by Gasteiger charge is 2.16. The molecule has 6 heteroatoms. The smallest absolute Gasteiger partial charge is 0.340 e. The third-order valence-electron chi connectivity index (χ3n) is 3.89. The monoisotopic (exact) mass is 336 g/mol. The number of methoxy groups -OCH3 is 1. The molecule has 0 aliphatic carbocycles. The predicted octanol–water partition coefficient (Wildman–Crippen LogP) is 4.97. The van der Waals surface area contributed by atoms with Gasteiger partial charge in [-0.25, -0.2) is 9.78 Å². The van der Waals surface area contributed by atoms with Crippen molar-refractivity contribution in [2.75, 3.05) is 7.11 Å². The SMILES string of the molecule is COC(=O)c1ccccc1N=Nc1c(C(C)C)nc2cc(C)ccn12. The summed E-state index contributed by atoms with van der Waals surface area (Å²) in [7, 11) is 1.35. The van der Waals surface area contributed by atoms with E-state index < -0.39 is 5.97 Å². The van der Waals surface area contributed by atoms with Crippen LogP contribution < -0.4 is 0 Å². The molecule has 3 rings (SSSR count). The minimum Gasteiger partial charge on any atom is -0.465 e. The van der Waals surface area contributed by atoms with E-state index in [1.54, 1.807) is 18.2 Å². The van der Waals surface area contributed by atoms with Gasteiger partial charge in [-0.3, -0.25) is 4.40 Å². The molecule has 0 saturated heterocycles. The van der Waals surface area contributed by atoms with Crippen LogP contribution in [-0.4, -0.2) is 22.5 Å². The molecule has 2 aromatic heterocycles. The lowest BCUT2D eigenvalue weighted by molar-refractivity contribution is 0.0601. The zero-order valence-corrected chi connectivity index (χ0v) is 14.7. The van der Waals surface area contributed by atoms with E-state index in [-0.39, 0.29) is 5.92 Å². The van der Waals surface area contributed by atoms with E-state index in [9.17, 15) is 4.79 Å². The van der Waals surface area contributed by atoms with E-state index in [0.29, 0.717) is 17.1 Å². The van der Waals surface area contributed by atoms with Crippen LogP contribution in [0.15, 0.2) is 52.8 Å². The molecule has 128 valence electrons.